The second-order valence-corrected chi connectivity index (χ2v) is 11.5. The summed E-state index contributed by atoms with van der Waals surface area (Å²) in [5, 5.41) is 6.49. The smallest absolute Gasteiger partial charge is 0.224 e. The van der Waals surface area contributed by atoms with Crippen molar-refractivity contribution in [1.82, 2.24) is 5.32 Å². The van der Waals surface area contributed by atoms with Gasteiger partial charge in [-0.25, -0.2) is 0 Å². The van der Waals surface area contributed by atoms with Crippen molar-refractivity contribution in [3.63, 3.8) is 0 Å². The highest BCUT2D eigenvalue weighted by molar-refractivity contribution is 7.98. The zero-order valence-corrected chi connectivity index (χ0v) is 25.2. The summed E-state index contributed by atoms with van der Waals surface area (Å²) in [6.07, 6.45) is 24.8. The molecule has 0 aliphatic rings. The number of rotatable bonds is 23. The molecule has 0 aromatic heterocycles. The van der Waals surface area contributed by atoms with Crippen LogP contribution in [0.5, 0.6) is 0 Å². The number of carbonyl (C=O) groups is 1. The van der Waals surface area contributed by atoms with Crippen molar-refractivity contribution in [2.24, 2.45) is 0 Å². The molecule has 2 N–H and O–H groups in total. The van der Waals surface area contributed by atoms with Crippen molar-refractivity contribution in [1.29, 1.82) is 0 Å². The molecule has 0 radical (unpaired) electrons. The molecular formula is C31H54N2OS2. The minimum Gasteiger partial charge on any atom is -0.376 e. The summed E-state index contributed by atoms with van der Waals surface area (Å²) in [4.78, 5) is 13.3. The Hall–Kier alpha value is -1.07. The largest absolute Gasteiger partial charge is 0.376 e. The Morgan fingerprint density at radius 3 is 1.89 bits per heavy atom. The van der Waals surface area contributed by atoms with E-state index in [-0.39, 0.29) is 5.91 Å². The molecule has 206 valence electrons. The Labute approximate surface area is 232 Å². The van der Waals surface area contributed by atoms with Crippen molar-refractivity contribution in [3.05, 3.63) is 29.3 Å². The Morgan fingerprint density at radius 2 is 1.36 bits per heavy atom. The number of nitrogens with one attached hydrogen (secondary N) is 2. The molecule has 0 aliphatic heterocycles. The molecule has 5 heteroatoms. The third kappa shape index (κ3) is 16.6. The summed E-state index contributed by atoms with van der Waals surface area (Å²) in [5.41, 5.74) is 3.05. The second-order valence-electron chi connectivity index (χ2n) is 10.1. The van der Waals surface area contributed by atoms with Crippen LogP contribution in [0.3, 0.4) is 0 Å². The summed E-state index contributed by atoms with van der Waals surface area (Å²) in [6.45, 7) is 5.29. The van der Waals surface area contributed by atoms with E-state index in [1.165, 1.54) is 83.5 Å². The molecule has 36 heavy (non-hydrogen) atoms. The van der Waals surface area contributed by atoms with Crippen molar-refractivity contribution < 1.29 is 4.79 Å². The van der Waals surface area contributed by atoms with Gasteiger partial charge in [-0.1, -0.05) is 128 Å². The number of hydrogen-bond acceptors (Lipinski definition) is 3. The third-order valence-corrected chi connectivity index (χ3v) is 7.92. The number of amides is 1. The molecule has 0 heterocycles. The number of hydrogen-bond donors (Lipinski definition) is 2. The normalized spacial score (nSPS) is 11.0. The maximum Gasteiger partial charge on any atom is 0.224 e. The van der Waals surface area contributed by atoms with Gasteiger partial charge < -0.3 is 10.6 Å². The molecule has 0 unspecified atom stereocenters. The van der Waals surface area contributed by atoms with Crippen LogP contribution in [0.25, 0.3) is 0 Å². The predicted molar refractivity (Wildman–Crippen MR) is 167 cm³/mol. The molecule has 0 aliphatic carbocycles. The van der Waals surface area contributed by atoms with E-state index in [9.17, 15) is 4.79 Å². The van der Waals surface area contributed by atoms with Crippen LogP contribution in [-0.4, -0.2) is 29.4 Å². The van der Waals surface area contributed by atoms with Crippen LogP contribution in [0, 0.1) is 0 Å². The van der Waals surface area contributed by atoms with Crippen molar-refractivity contribution in [3.8, 4) is 0 Å². The van der Waals surface area contributed by atoms with E-state index in [4.69, 9.17) is 12.2 Å². The summed E-state index contributed by atoms with van der Waals surface area (Å²) in [7, 11) is 0. The highest BCUT2D eigenvalue weighted by atomic mass is 32.2. The quantitative estimate of drug-likeness (QED) is 0.108. The van der Waals surface area contributed by atoms with E-state index in [2.05, 4.69) is 42.9 Å². The van der Waals surface area contributed by atoms with Crippen LogP contribution in [0.2, 0.25) is 0 Å². The van der Waals surface area contributed by atoms with Crippen LogP contribution < -0.4 is 10.6 Å². The number of benzene rings is 1. The Morgan fingerprint density at radius 1 is 0.806 bits per heavy atom. The van der Waals surface area contributed by atoms with Crippen LogP contribution in [-0.2, 0) is 11.2 Å². The van der Waals surface area contributed by atoms with Crippen molar-refractivity contribution in [2.75, 3.05) is 23.9 Å². The SMILES string of the molecule is CCCCCCCCCCCCCCCCCC(=O)Nc1cc(C(=S)NCCCSC)ccc1CC. The van der Waals surface area contributed by atoms with Gasteiger partial charge in [-0.2, -0.15) is 11.8 Å². The number of thiocarbonyl (C=S) groups is 1. The van der Waals surface area contributed by atoms with Gasteiger partial charge in [-0.05, 0) is 42.9 Å². The zero-order valence-electron chi connectivity index (χ0n) is 23.6. The van der Waals surface area contributed by atoms with E-state index < -0.39 is 0 Å². The fourth-order valence-electron chi connectivity index (χ4n) is 4.53. The molecule has 0 fully saturated rings. The van der Waals surface area contributed by atoms with Gasteiger partial charge in [0.1, 0.15) is 4.99 Å². The lowest BCUT2D eigenvalue weighted by Crippen LogP contribution is -2.24. The van der Waals surface area contributed by atoms with E-state index >= 15 is 0 Å². The molecule has 3 nitrogen and oxygen atoms in total. The Kier molecular flexibility index (Phi) is 21.1. The lowest BCUT2D eigenvalue weighted by atomic mass is 10.0. The molecule has 0 bridgehead atoms. The fourth-order valence-corrected chi connectivity index (χ4v) is 5.19. The lowest BCUT2D eigenvalue weighted by Gasteiger charge is -2.14. The number of aryl methyl sites for hydroxylation is 1. The first kappa shape index (κ1) is 33.0. The Balaban J connectivity index is 2.15. The lowest BCUT2D eigenvalue weighted by molar-refractivity contribution is -0.116. The second kappa shape index (κ2) is 23.1. The zero-order chi connectivity index (χ0) is 26.3. The summed E-state index contributed by atoms with van der Waals surface area (Å²) < 4.78 is 0. The standard InChI is InChI=1S/C31H54N2OS2/c1-4-6-7-8-9-10-11-12-13-14-15-16-17-18-19-21-30(34)33-29-26-28(23-22-27(29)5-2)31(35)32-24-20-25-36-3/h22-23,26H,4-21,24-25H2,1-3H3,(H,32,35)(H,33,34). The summed E-state index contributed by atoms with van der Waals surface area (Å²) in [6, 6.07) is 6.19. The minimum atomic E-state index is 0.121. The monoisotopic (exact) mass is 534 g/mol. The third-order valence-electron chi connectivity index (χ3n) is 6.85. The van der Waals surface area contributed by atoms with Gasteiger partial charge in [0.15, 0.2) is 0 Å². The predicted octanol–water partition coefficient (Wildman–Crippen LogP) is 9.47. The number of unbranched alkanes of at least 4 members (excludes halogenated alkanes) is 14. The average Bonchev–Trinajstić information content (AvgIpc) is 2.88. The van der Waals surface area contributed by atoms with Crippen LogP contribution in [0.4, 0.5) is 5.69 Å². The van der Waals surface area contributed by atoms with Crippen LogP contribution in [0.1, 0.15) is 134 Å². The van der Waals surface area contributed by atoms with Gasteiger partial charge in [0, 0.05) is 24.2 Å². The molecule has 0 spiro atoms. The van der Waals surface area contributed by atoms with Gasteiger partial charge in [-0.3, -0.25) is 4.79 Å². The summed E-state index contributed by atoms with van der Waals surface area (Å²) >= 11 is 7.42. The van der Waals surface area contributed by atoms with E-state index in [0.717, 1.165) is 59.8 Å². The van der Waals surface area contributed by atoms with Crippen LogP contribution >= 0.6 is 24.0 Å². The van der Waals surface area contributed by atoms with Gasteiger partial charge in [0.2, 0.25) is 5.91 Å². The van der Waals surface area contributed by atoms with Gasteiger partial charge >= 0.3 is 0 Å². The van der Waals surface area contributed by atoms with Crippen molar-refractivity contribution in [2.45, 2.75) is 129 Å². The molecular weight excluding hydrogens is 480 g/mol. The topological polar surface area (TPSA) is 41.1 Å². The van der Waals surface area contributed by atoms with Crippen LogP contribution in [0.15, 0.2) is 18.2 Å². The van der Waals surface area contributed by atoms with Crippen molar-refractivity contribution >= 4 is 40.6 Å². The Bertz CT molecular complexity index is 708. The van der Waals surface area contributed by atoms with Gasteiger partial charge in [0.25, 0.3) is 0 Å². The molecule has 1 rings (SSSR count). The first-order valence-electron chi connectivity index (χ1n) is 14.8. The van der Waals surface area contributed by atoms with Gasteiger partial charge in [-0.15, -0.1) is 0 Å². The molecule has 1 aromatic carbocycles. The molecule has 0 saturated heterocycles. The fraction of sp³-hybridized carbons (Fsp3) is 0.742. The van der Waals surface area contributed by atoms with Gasteiger partial charge in [0.05, 0.1) is 0 Å². The van der Waals surface area contributed by atoms with E-state index in [0.29, 0.717) is 6.42 Å². The first-order valence-corrected chi connectivity index (χ1v) is 16.6. The number of anilines is 1. The minimum absolute atomic E-state index is 0.121. The molecule has 1 amide bonds. The van der Waals surface area contributed by atoms with E-state index in [1.807, 2.05) is 17.8 Å². The maximum atomic E-state index is 12.6. The maximum absolute atomic E-state index is 12.6. The van der Waals surface area contributed by atoms with E-state index in [1.54, 1.807) is 0 Å². The molecule has 0 atom stereocenters. The summed E-state index contributed by atoms with van der Waals surface area (Å²) in [5.74, 6) is 1.25. The highest BCUT2D eigenvalue weighted by Crippen LogP contribution is 2.20. The first-order chi connectivity index (χ1) is 17.6. The average molecular weight is 535 g/mol. The highest BCUT2D eigenvalue weighted by Gasteiger charge is 2.09. The number of thioether (sulfide) groups is 1. The molecule has 1 aromatic rings. The molecule has 0 saturated carbocycles. The number of carbonyl (C=O) groups excluding carboxylic acids is 1.